The van der Waals surface area contributed by atoms with E-state index in [1.165, 1.54) is 25.3 Å². The molecule has 0 saturated carbocycles. The van der Waals surface area contributed by atoms with E-state index in [1.54, 1.807) is 24.3 Å². The molecule has 0 spiro atoms. The predicted molar refractivity (Wildman–Crippen MR) is 80.8 cm³/mol. The number of hydrogen-bond donors (Lipinski definition) is 0. The van der Waals surface area contributed by atoms with E-state index in [1.807, 2.05) is 0 Å². The van der Waals surface area contributed by atoms with Crippen LogP contribution < -0.4 is 9.47 Å². The molecular weight excluding hydrogens is 300 g/mol. The number of rotatable bonds is 4. The molecule has 23 heavy (non-hydrogen) atoms. The van der Waals surface area contributed by atoms with Gasteiger partial charge in [0, 0.05) is 5.56 Å². The Bertz CT molecular complexity index is 771. The van der Waals surface area contributed by atoms with Crippen molar-refractivity contribution in [3.05, 3.63) is 53.5 Å². The van der Waals surface area contributed by atoms with Gasteiger partial charge in [0.25, 0.3) is 0 Å². The molecule has 0 fully saturated rings. The second-order valence-corrected chi connectivity index (χ2v) is 4.75. The van der Waals surface area contributed by atoms with Gasteiger partial charge in [-0.3, -0.25) is 4.79 Å². The Balaban J connectivity index is 1.73. The van der Waals surface area contributed by atoms with Gasteiger partial charge < -0.3 is 18.6 Å². The fraction of sp³-hybridized carbons (Fsp3) is 0.176. The van der Waals surface area contributed by atoms with Crippen LogP contribution in [0.2, 0.25) is 0 Å². The zero-order chi connectivity index (χ0) is 16.2. The molecule has 2 aromatic rings. The molecule has 0 radical (unpaired) electrons. The average molecular weight is 314 g/mol. The molecule has 0 saturated heterocycles. The Kier molecular flexibility index (Phi) is 4.14. The predicted octanol–water partition coefficient (Wildman–Crippen LogP) is 2.73. The Hall–Kier alpha value is -3.02. The Morgan fingerprint density at radius 1 is 1.09 bits per heavy atom. The fourth-order valence-electron chi connectivity index (χ4n) is 2.10. The van der Waals surface area contributed by atoms with Gasteiger partial charge in [-0.25, -0.2) is 4.79 Å². The topological polar surface area (TPSA) is 75.0 Å². The summed E-state index contributed by atoms with van der Waals surface area (Å²) in [4.78, 5) is 23.5. The lowest BCUT2D eigenvalue weighted by Gasteiger charge is -2.18. The molecule has 1 aromatic carbocycles. The number of hydrogen-bond acceptors (Lipinski definition) is 6. The number of esters is 1. The monoisotopic (exact) mass is 314 g/mol. The number of fused-ring (bicyclic) bond motifs is 1. The highest BCUT2D eigenvalue weighted by molar-refractivity contribution is 6.07. The molecular formula is C17H14O6. The second kappa shape index (κ2) is 6.39. The minimum absolute atomic E-state index is 0.0823. The van der Waals surface area contributed by atoms with E-state index in [4.69, 9.17) is 13.9 Å². The lowest BCUT2D eigenvalue weighted by Crippen LogP contribution is -2.15. The highest BCUT2D eigenvalue weighted by Crippen LogP contribution is 2.31. The number of methoxy groups -OCH3 is 1. The van der Waals surface area contributed by atoms with Crippen LogP contribution in [0.15, 0.2) is 40.8 Å². The van der Waals surface area contributed by atoms with Gasteiger partial charge in [0.05, 0.1) is 7.11 Å². The molecule has 0 amide bonds. The molecule has 0 unspecified atom stereocenters. The molecule has 1 aromatic heterocycles. The maximum absolute atomic E-state index is 12.2. The first-order chi connectivity index (χ1) is 11.2. The van der Waals surface area contributed by atoms with Gasteiger partial charge >= 0.3 is 5.97 Å². The third kappa shape index (κ3) is 3.26. The van der Waals surface area contributed by atoms with Crippen molar-refractivity contribution in [3.8, 4) is 11.5 Å². The van der Waals surface area contributed by atoms with E-state index in [-0.39, 0.29) is 11.5 Å². The number of benzene rings is 1. The summed E-state index contributed by atoms with van der Waals surface area (Å²) in [6.07, 6.45) is 2.86. The van der Waals surface area contributed by atoms with Crippen molar-refractivity contribution in [2.24, 2.45) is 0 Å². The molecule has 118 valence electrons. The fourth-order valence-corrected chi connectivity index (χ4v) is 2.10. The maximum Gasteiger partial charge on any atom is 0.373 e. The normalized spacial score (nSPS) is 13.1. The van der Waals surface area contributed by atoms with Crippen LogP contribution in [0, 0.1) is 0 Å². The maximum atomic E-state index is 12.2. The van der Waals surface area contributed by atoms with Crippen molar-refractivity contribution in [1.82, 2.24) is 0 Å². The van der Waals surface area contributed by atoms with Gasteiger partial charge in [0.1, 0.15) is 19.0 Å². The Morgan fingerprint density at radius 2 is 1.87 bits per heavy atom. The van der Waals surface area contributed by atoms with E-state index in [0.717, 1.165) is 0 Å². The molecule has 6 heteroatoms. The molecule has 0 N–H and O–H groups in total. The van der Waals surface area contributed by atoms with Crippen LogP contribution in [0.4, 0.5) is 0 Å². The van der Waals surface area contributed by atoms with Gasteiger partial charge in [0.15, 0.2) is 17.3 Å². The summed E-state index contributed by atoms with van der Waals surface area (Å²) in [6, 6.07) is 8.09. The zero-order valence-electron chi connectivity index (χ0n) is 12.4. The van der Waals surface area contributed by atoms with Gasteiger partial charge in [-0.15, -0.1) is 0 Å². The molecule has 3 rings (SSSR count). The average Bonchev–Trinajstić information content (AvgIpc) is 3.07. The lowest BCUT2D eigenvalue weighted by molar-refractivity contribution is 0.0564. The van der Waals surface area contributed by atoms with E-state index in [9.17, 15) is 9.59 Å². The summed E-state index contributed by atoms with van der Waals surface area (Å²) >= 11 is 0. The van der Waals surface area contributed by atoms with E-state index in [0.29, 0.717) is 36.0 Å². The van der Waals surface area contributed by atoms with E-state index < -0.39 is 5.97 Å². The first-order valence-corrected chi connectivity index (χ1v) is 6.97. The SMILES string of the molecule is COC(=O)c1ccc(/C=C\C(=O)c2ccc3c(c2)OCCO3)o1. The minimum Gasteiger partial charge on any atom is -0.486 e. The summed E-state index contributed by atoms with van der Waals surface area (Å²) in [5, 5.41) is 0. The summed E-state index contributed by atoms with van der Waals surface area (Å²) in [6.45, 7) is 0.963. The third-order valence-corrected chi connectivity index (χ3v) is 3.24. The summed E-state index contributed by atoms with van der Waals surface area (Å²) in [7, 11) is 1.27. The molecule has 0 aliphatic carbocycles. The van der Waals surface area contributed by atoms with Crippen LogP contribution in [0.5, 0.6) is 11.5 Å². The van der Waals surface area contributed by atoms with Gasteiger partial charge in [0.2, 0.25) is 5.76 Å². The van der Waals surface area contributed by atoms with Crippen molar-refractivity contribution in [2.45, 2.75) is 0 Å². The molecule has 0 bridgehead atoms. The van der Waals surface area contributed by atoms with Crippen LogP contribution >= 0.6 is 0 Å². The molecule has 1 aliphatic heterocycles. The minimum atomic E-state index is -0.567. The Labute approximate surface area is 132 Å². The van der Waals surface area contributed by atoms with Crippen LogP contribution in [0.1, 0.15) is 26.7 Å². The van der Waals surface area contributed by atoms with Crippen LogP contribution in [-0.4, -0.2) is 32.1 Å². The number of ketones is 1. The number of ether oxygens (including phenoxy) is 3. The molecule has 0 atom stereocenters. The van der Waals surface area contributed by atoms with Gasteiger partial charge in [-0.2, -0.15) is 0 Å². The van der Waals surface area contributed by atoms with Crippen molar-refractivity contribution < 1.29 is 28.2 Å². The third-order valence-electron chi connectivity index (χ3n) is 3.24. The molecule has 6 nitrogen and oxygen atoms in total. The van der Waals surface area contributed by atoms with E-state index >= 15 is 0 Å². The van der Waals surface area contributed by atoms with E-state index in [2.05, 4.69) is 4.74 Å². The van der Waals surface area contributed by atoms with Crippen molar-refractivity contribution >= 4 is 17.8 Å². The van der Waals surface area contributed by atoms with Gasteiger partial charge in [-0.1, -0.05) is 0 Å². The van der Waals surface area contributed by atoms with Crippen LogP contribution in [0.3, 0.4) is 0 Å². The summed E-state index contributed by atoms with van der Waals surface area (Å²) in [5.41, 5.74) is 0.477. The largest absolute Gasteiger partial charge is 0.486 e. The quantitative estimate of drug-likeness (QED) is 0.491. The summed E-state index contributed by atoms with van der Waals surface area (Å²) < 4.78 is 20.7. The van der Waals surface area contributed by atoms with Gasteiger partial charge in [-0.05, 0) is 42.5 Å². The first kappa shape index (κ1) is 14.9. The second-order valence-electron chi connectivity index (χ2n) is 4.75. The Morgan fingerprint density at radius 3 is 2.65 bits per heavy atom. The highest BCUT2D eigenvalue weighted by atomic mass is 16.6. The van der Waals surface area contributed by atoms with Crippen LogP contribution in [-0.2, 0) is 4.74 Å². The van der Waals surface area contributed by atoms with Crippen molar-refractivity contribution in [2.75, 3.05) is 20.3 Å². The molecule has 2 heterocycles. The molecule has 1 aliphatic rings. The number of carbonyl (C=O) groups is 2. The van der Waals surface area contributed by atoms with Crippen molar-refractivity contribution in [3.63, 3.8) is 0 Å². The number of allylic oxidation sites excluding steroid dienone is 1. The smallest absolute Gasteiger partial charge is 0.373 e. The summed E-state index contributed by atoms with van der Waals surface area (Å²) in [5.74, 6) is 0.878. The number of carbonyl (C=O) groups excluding carboxylic acids is 2. The highest BCUT2D eigenvalue weighted by Gasteiger charge is 2.14. The number of furan rings is 1. The standard InChI is InChI=1S/C17H14O6/c1-20-17(19)15-7-4-12(23-15)3-5-13(18)11-2-6-14-16(10-11)22-9-8-21-14/h2-7,10H,8-9H2,1H3/b5-3-. The lowest BCUT2D eigenvalue weighted by atomic mass is 10.1. The van der Waals surface area contributed by atoms with Crippen LogP contribution in [0.25, 0.3) is 6.08 Å². The van der Waals surface area contributed by atoms with Crippen molar-refractivity contribution in [1.29, 1.82) is 0 Å². The first-order valence-electron chi connectivity index (χ1n) is 6.97. The zero-order valence-corrected chi connectivity index (χ0v) is 12.4.